The van der Waals surface area contributed by atoms with Crippen LogP contribution in [0.3, 0.4) is 0 Å². The van der Waals surface area contributed by atoms with Crippen LogP contribution in [0.1, 0.15) is 29.5 Å². The molecule has 1 saturated carbocycles. The lowest BCUT2D eigenvalue weighted by Gasteiger charge is -2.24. The Morgan fingerprint density at radius 2 is 1.78 bits per heavy atom. The number of carbonyl (C=O) groups is 1. The molecule has 116 valence electrons. The lowest BCUT2D eigenvalue weighted by atomic mass is 9.94. The molecule has 1 amide bonds. The maximum absolute atomic E-state index is 13.1. The third-order valence-electron chi connectivity index (χ3n) is 4.41. The molecule has 1 fully saturated rings. The number of rotatable bonds is 4. The summed E-state index contributed by atoms with van der Waals surface area (Å²) in [5.74, 6) is -0.226. The minimum atomic E-state index is -0.491. The molecule has 0 unspecified atom stereocenters. The smallest absolute Gasteiger partial charge is 0.233 e. The van der Waals surface area contributed by atoms with Crippen molar-refractivity contribution in [3.05, 3.63) is 71.0 Å². The van der Waals surface area contributed by atoms with E-state index in [4.69, 9.17) is 5.26 Å². The molecule has 23 heavy (non-hydrogen) atoms. The highest BCUT2D eigenvalue weighted by molar-refractivity contribution is 5.91. The van der Waals surface area contributed by atoms with E-state index in [1.807, 2.05) is 12.1 Å². The summed E-state index contributed by atoms with van der Waals surface area (Å²) in [6.45, 7) is 0.494. The zero-order valence-electron chi connectivity index (χ0n) is 12.9. The van der Waals surface area contributed by atoms with E-state index in [1.54, 1.807) is 36.2 Å². The first kappa shape index (κ1) is 15.2. The number of halogens is 1. The molecule has 3 nitrogen and oxygen atoms in total. The number of nitriles is 1. The topological polar surface area (TPSA) is 44.1 Å². The van der Waals surface area contributed by atoms with Crippen LogP contribution in [0, 0.1) is 17.1 Å². The van der Waals surface area contributed by atoms with E-state index in [-0.39, 0.29) is 11.7 Å². The van der Waals surface area contributed by atoms with Gasteiger partial charge in [0.25, 0.3) is 0 Å². The van der Waals surface area contributed by atoms with Gasteiger partial charge >= 0.3 is 0 Å². The Morgan fingerprint density at radius 3 is 2.30 bits per heavy atom. The van der Waals surface area contributed by atoms with Crippen LogP contribution in [-0.4, -0.2) is 17.9 Å². The van der Waals surface area contributed by atoms with Gasteiger partial charge in [-0.2, -0.15) is 5.26 Å². The number of likely N-dealkylation sites (N-methyl/N-ethyl adjacent to an activating group) is 1. The van der Waals surface area contributed by atoms with Crippen molar-refractivity contribution in [1.29, 1.82) is 5.26 Å². The average molecular weight is 308 g/mol. The second kappa shape index (κ2) is 5.85. The number of hydrogen-bond acceptors (Lipinski definition) is 2. The summed E-state index contributed by atoms with van der Waals surface area (Å²) in [6, 6.07) is 15.5. The molecular weight excluding hydrogens is 291 g/mol. The van der Waals surface area contributed by atoms with Crippen molar-refractivity contribution >= 4 is 5.91 Å². The van der Waals surface area contributed by atoms with Crippen molar-refractivity contribution < 1.29 is 9.18 Å². The summed E-state index contributed by atoms with van der Waals surface area (Å²) in [5, 5.41) is 8.82. The molecule has 1 aliphatic rings. The quantitative estimate of drug-likeness (QED) is 0.869. The molecule has 0 aliphatic heterocycles. The standard InChI is InChI=1S/C19H17FN2O/c1-22(13-15-4-2-14(12-21)3-5-15)18(23)19(10-11-19)16-6-8-17(20)9-7-16/h2-9H,10-11,13H2,1H3. The van der Waals surface area contributed by atoms with Gasteiger partial charge in [0.05, 0.1) is 17.0 Å². The molecule has 0 aromatic heterocycles. The molecule has 0 spiro atoms. The summed E-state index contributed by atoms with van der Waals surface area (Å²) in [6.07, 6.45) is 1.60. The van der Waals surface area contributed by atoms with Crippen molar-refractivity contribution in [2.45, 2.75) is 24.8 Å². The summed E-state index contributed by atoms with van der Waals surface area (Å²) in [5.41, 5.74) is 1.98. The van der Waals surface area contributed by atoms with Gasteiger partial charge in [-0.15, -0.1) is 0 Å². The predicted molar refractivity (Wildman–Crippen MR) is 84.9 cm³/mol. The van der Waals surface area contributed by atoms with Crippen molar-refractivity contribution in [3.8, 4) is 6.07 Å². The Balaban J connectivity index is 1.74. The average Bonchev–Trinajstić information content (AvgIpc) is 3.37. The number of amides is 1. The summed E-state index contributed by atoms with van der Waals surface area (Å²) in [7, 11) is 1.78. The Labute approximate surface area is 135 Å². The lowest BCUT2D eigenvalue weighted by molar-refractivity contribution is -0.133. The van der Waals surface area contributed by atoms with Gasteiger partial charge in [-0.05, 0) is 48.2 Å². The van der Waals surface area contributed by atoms with Crippen LogP contribution in [-0.2, 0) is 16.8 Å². The molecule has 4 heteroatoms. The molecule has 3 rings (SSSR count). The Hall–Kier alpha value is -2.67. The van der Waals surface area contributed by atoms with E-state index in [0.29, 0.717) is 12.1 Å². The van der Waals surface area contributed by atoms with Gasteiger partial charge in [-0.25, -0.2) is 4.39 Å². The fourth-order valence-electron chi connectivity index (χ4n) is 2.92. The summed E-state index contributed by atoms with van der Waals surface area (Å²) in [4.78, 5) is 14.5. The molecular formula is C19H17FN2O. The first-order valence-electron chi connectivity index (χ1n) is 7.56. The Kier molecular flexibility index (Phi) is 3.87. The highest BCUT2D eigenvalue weighted by Gasteiger charge is 2.52. The molecule has 2 aromatic rings. The third-order valence-corrected chi connectivity index (χ3v) is 4.41. The molecule has 0 bridgehead atoms. The van der Waals surface area contributed by atoms with Crippen LogP contribution >= 0.6 is 0 Å². The predicted octanol–water partition coefficient (Wildman–Crippen LogP) is 3.39. The van der Waals surface area contributed by atoms with Gasteiger partial charge in [0.1, 0.15) is 5.82 Å². The lowest BCUT2D eigenvalue weighted by Crippen LogP contribution is -2.36. The minimum absolute atomic E-state index is 0.0634. The molecule has 0 saturated heterocycles. The SMILES string of the molecule is CN(Cc1ccc(C#N)cc1)C(=O)C1(c2ccc(F)cc2)CC1. The zero-order valence-corrected chi connectivity index (χ0v) is 12.9. The van der Waals surface area contributed by atoms with E-state index < -0.39 is 5.41 Å². The highest BCUT2D eigenvalue weighted by atomic mass is 19.1. The van der Waals surface area contributed by atoms with Crippen LogP contribution in [0.2, 0.25) is 0 Å². The van der Waals surface area contributed by atoms with Gasteiger partial charge in [0, 0.05) is 13.6 Å². The molecule has 0 N–H and O–H groups in total. The Morgan fingerprint density at radius 1 is 1.17 bits per heavy atom. The van der Waals surface area contributed by atoms with E-state index in [9.17, 15) is 9.18 Å². The second-order valence-corrected chi connectivity index (χ2v) is 6.06. The number of carbonyl (C=O) groups excluding carboxylic acids is 1. The first-order chi connectivity index (χ1) is 11.0. The van der Waals surface area contributed by atoms with E-state index in [1.165, 1.54) is 12.1 Å². The first-order valence-corrected chi connectivity index (χ1v) is 7.56. The van der Waals surface area contributed by atoms with Crippen LogP contribution < -0.4 is 0 Å². The molecule has 0 radical (unpaired) electrons. The van der Waals surface area contributed by atoms with Crippen molar-refractivity contribution in [3.63, 3.8) is 0 Å². The fourth-order valence-corrected chi connectivity index (χ4v) is 2.92. The fraction of sp³-hybridized carbons (Fsp3) is 0.263. The van der Waals surface area contributed by atoms with E-state index in [2.05, 4.69) is 6.07 Å². The monoisotopic (exact) mass is 308 g/mol. The van der Waals surface area contributed by atoms with Gasteiger partial charge in [0.15, 0.2) is 0 Å². The minimum Gasteiger partial charge on any atom is -0.341 e. The maximum Gasteiger partial charge on any atom is 0.233 e. The summed E-state index contributed by atoms with van der Waals surface area (Å²) < 4.78 is 13.1. The number of benzene rings is 2. The van der Waals surface area contributed by atoms with E-state index in [0.717, 1.165) is 24.0 Å². The van der Waals surface area contributed by atoms with Gasteiger partial charge in [-0.1, -0.05) is 24.3 Å². The summed E-state index contributed by atoms with van der Waals surface area (Å²) >= 11 is 0. The zero-order chi connectivity index (χ0) is 16.4. The highest BCUT2D eigenvalue weighted by Crippen LogP contribution is 2.49. The Bertz CT molecular complexity index is 755. The van der Waals surface area contributed by atoms with Gasteiger partial charge in [-0.3, -0.25) is 4.79 Å². The molecule has 0 atom stereocenters. The van der Waals surface area contributed by atoms with Crippen molar-refractivity contribution in [2.24, 2.45) is 0 Å². The van der Waals surface area contributed by atoms with E-state index >= 15 is 0 Å². The van der Waals surface area contributed by atoms with Gasteiger partial charge in [0.2, 0.25) is 5.91 Å². The molecule has 0 heterocycles. The largest absolute Gasteiger partial charge is 0.341 e. The number of nitrogens with zero attached hydrogens (tertiary/aromatic N) is 2. The van der Waals surface area contributed by atoms with Crippen molar-refractivity contribution in [2.75, 3.05) is 7.05 Å². The van der Waals surface area contributed by atoms with Crippen LogP contribution in [0.25, 0.3) is 0 Å². The van der Waals surface area contributed by atoms with Crippen LogP contribution in [0.15, 0.2) is 48.5 Å². The second-order valence-electron chi connectivity index (χ2n) is 6.06. The number of hydrogen-bond donors (Lipinski definition) is 0. The van der Waals surface area contributed by atoms with Gasteiger partial charge < -0.3 is 4.90 Å². The molecule has 2 aromatic carbocycles. The maximum atomic E-state index is 13.1. The van der Waals surface area contributed by atoms with Crippen molar-refractivity contribution in [1.82, 2.24) is 4.90 Å². The normalized spacial score (nSPS) is 14.8. The van der Waals surface area contributed by atoms with Crippen LogP contribution in [0.4, 0.5) is 4.39 Å². The molecule has 1 aliphatic carbocycles. The van der Waals surface area contributed by atoms with Crippen LogP contribution in [0.5, 0.6) is 0 Å². The third kappa shape index (κ3) is 2.95.